The predicted octanol–water partition coefficient (Wildman–Crippen LogP) is 10.9. The lowest BCUT2D eigenvalue weighted by atomic mass is 10.1. The fraction of sp³-hybridized carbons (Fsp3) is 0.625. The first kappa shape index (κ1) is 55.9. The molecule has 0 aliphatic carbocycles. The lowest BCUT2D eigenvalue weighted by Gasteiger charge is -2.28. The molecular formula is C48H80NO9P. The number of unbranched alkanes of at least 4 members (excludes halogenated alkanes) is 8. The predicted molar refractivity (Wildman–Crippen MR) is 241 cm³/mol. The second kappa shape index (κ2) is 39.1. The standard InChI is InChI=1S/C48H80NO9P/c1-6-8-10-12-14-15-16-17-18-19-20-24-27-31-35-39-47(51)55-43-46(44-57-59(53,54)56-42-41-49(3,4)5)58-48(52)40-36-32-28-25-22-21-23-26-30-34-38-45(50)37-33-29-13-11-9-7-2/h9,11,14-15,17-18,21-22,26,28-30,32-34,38,45-46,50H,6-8,10,12-13,16,19-20,23-25,27,31,35-37,39-44H2,1-5H3/b11-9-,15-14-,18-17-,22-21-,30-26-,32-28-,33-29-,38-34+/t45?,46-/m1/s1. The van der Waals surface area contributed by atoms with Gasteiger partial charge in [-0.05, 0) is 77.0 Å². The monoisotopic (exact) mass is 846 g/mol. The van der Waals surface area contributed by atoms with Crippen LogP contribution in [-0.2, 0) is 32.7 Å². The molecule has 0 rings (SSSR count). The third-order valence-electron chi connectivity index (χ3n) is 8.68. The molecule has 336 valence electrons. The molecule has 0 spiro atoms. The van der Waals surface area contributed by atoms with Gasteiger partial charge in [-0.15, -0.1) is 0 Å². The number of ether oxygens (including phenoxy) is 2. The number of aliphatic hydroxyl groups is 1. The molecule has 0 aliphatic rings. The van der Waals surface area contributed by atoms with E-state index >= 15 is 0 Å². The number of carbonyl (C=O) groups is 2. The fourth-order valence-electron chi connectivity index (χ4n) is 5.20. The molecule has 0 saturated heterocycles. The number of likely N-dealkylation sites (N-methyl/N-ethyl adjacent to an activating group) is 1. The zero-order valence-corrected chi connectivity index (χ0v) is 38.2. The van der Waals surface area contributed by atoms with Gasteiger partial charge >= 0.3 is 11.9 Å². The minimum absolute atomic E-state index is 0.0615. The fourth-order valence-corrected chi connectivity index (χ4v) is 5.93. The first-order valence-electron chi connectivity index (χ1n) is 22.1. The molecule has 1 N–H and O–H groups in total. The third-order valence-corrected chi connectivity index (χ3v) is 9.65. The minimum Gasteiger partial charge on any atom is -0.756 e. The van der Waals surface area contributed by atoms with E-state index in [2.05, 4.69) is 56.4 Å². The second-order valence-electron chi connectivity index (χ2n) is 15.5. The van der Waals surface area contributed by atoms with Gasteiger partial charge in [-0.2, -0.15) is 0 Å². The normalized spacial score (nSPS) is 15.0. The number of quaternary nitrogens is 1. The number of nitrogens with zero attached hydrogens (tertiary/aromatic N) is 1. The molecule has 0 saturated carbocycles. The van der Waals surface area contributed by atoms with Crippen molar-refractivity contribution in [1.29, 1.82) is 0 Å². The Morgan fingerprint density at radius 1 is 0.644 bits per heavy atom. The average Bonchev–Trinajstić information content (AvgIpc) is 3.18. The topological polar surface area (TPSA) is 131 Å². The summed E-state index contributed by atoms with van der Waals surface area (Å²) in [6.45, 7) is 3.87. The Bertz CT molecular complexity index is 1340. The molecule has 0 aromatic carbocycles. The quantitative estimate of drug-likeness (QED) is 0.0161. The van der Waals surface area contributed by atoms with Crippen LogP contribution in [0.4, 0.5) is 0 Å². The van der Waals surface area contributed by atoms with Gasteiger partial charge in [0.1, 0.15) is 19.8 Å². The van der Waals surface area contributed by atoms with Crippen molar-refractivity contribution in [2.75, 3.05) is 47.5 Å². The SMILES string of the molecule is CC/C=C\C/C=C\CC(O)/C=C/C=C\C/C=C\C/C=C\CCC(=O)O[C@H](COC(=O)CCCCCCC/C=C\C/C=C\CCCCC)COP(=O)([O-])OCC[N+](C)(C)C. The summed E-state index contributed by atoms with van der Waals surface area (Å²) in [6.07, 6.45) is 47.6. The maximum absolute atomic E-state index is 12.6. The van der Waals surface area contributed by atoms with Crippen molar-refractivity contribution in [2.45, 2.75) is 148 Å². The highest BCUT2D eigenvalue weighted by Crippen LogP contribution is 2.38. The van der Waals surface area contributed by atoms with Gasteiger partial charge in [0.2, 0.25) is 0 Å². The van der Waals surface area contributed by atoms with Crippen LogP contribution >= 0.6 is 7.82 Å². The Morgan fingerprint density at radius 3 is 1.88 bits per heavy atom. The molecule has 59 heavy (non-hydrogen) atoms. The number of allylic oxidation sites excluding steroid dienone is 14. The summed E-state index contributed by atoms with van der Waals surface area (Å²) in [5.41, 5.74) is 0. The summed E-state index contributed by atoms with van der Waals surface area (Å²) in [4.78, 5) is 37.5. The van der Waals surface area contributed by atoms with Gasteiger partial charge in [0, 0.05) is 12.8 Å². The molecule has 0 radical (unpaired) electrons. The van der Waals surface area contributed by atoms with Crippen molar-refractivity contribution < 1.29 is 47.2 Å². The van der Waals surface area contributed by atoms with E-state index in [1.807, 2.05) is 69.8 Å². The van der Waals surface area contributed by atoms with Gasteiger partial charge < -0.3 is 33.0 Å². The van der Waals surface area contributed by atoms with Crippen LogP contribution < -0.4 is 4.89 Å². The Labute approximate surface area is 358 Å². The van der Waals surface area contributed by atoms with Gasteiger partial charge in [-0.3, -0.25) is 14.2 Å². The molecule has 0 bridgehead atoms. The lowest BCUT2D eigenvalue weighted by Crippen LogP contribution is -2.37. The van der Waals surface area contributed by atoms with Crippen LogP contribution in [0.1, 0.15) is 136 Å². The molecule has 0 aromatic rings. The van der Waals surface area contributed by atoms with E-state index in [0.29, 0.717) is 36.7 Å². The van der Waals surface area contributed by atoms with Crippen LogP contribution in [0.5, 0.6) is 0 Å². The molecular weight excluding hydrogens is 766 g/mol. The lowest BCUT2D eigenvalue weighted by molar-refractivity contribution is -0.870. The van der Waals surface area contributed by atoms with Crippen LogP contribution in [0, 0.1) is 0 Å². The number of hydrogen-bond acceptors (Lipinski definition) is 9. The number of esters is 2. The molecule has 2 unspecified atom stereocenters. The largest absolute Gasteiger partial charge is 0.756 e. The van der Waals surface area contributed by atoms with E-state index < -0.39 is 38.6 Å². The highest BCUT2D eigenvalue weighted by Gasteiger charge is 2.21. The van der Waals surface area contributed by atoms with Crippen LogP contribution in [0.2, 0.25) is 0 Å². The summed E-state index contributed by atoms with van der Waals surface area (Å²) in [5, 5.41) is 10.0. The van der Waals surface area contributed by atoms with Crippen molar-refractivity contribution in [3.8, 4) is 0 Å². The van der Waals surface area contributed by atoms with E-state index in [9.17, 15) is 24.2 Å². The van der Waals surface area contributed by atoms with Gasteiger partial charge in [0.15, 0.2) is 6.10 Å². The molecule has 0 aliphatic heterocycles. The first-order chi connectivity index (χ1) is 28.4. The van der Waals surface area contributed by atoms with Gasteiger partial charge in [-0.25, -0.2) is 0 Å². The van der Waals surface area contributed by atoms with Crippen molar-refractivity contribution in [3.63, 3.8) is 0 Å². The maximum atomic E-state index is 12.6. The summed E-state index contributed by atoms with van der Waals surface area (Å²) in [5.74, 6) is -0.990. The van der Waals surface area contributed by atoms with E-state index in [0.717, 1.165) is 64.2 Å². The highest BCUT2D eigenvalue weighted by molar-refractivity contribution is 7.45. The number of phosphoric ester groups is 1. The Balaban J connectivity index is 4.60. The van der Waals surface area contributed by atoms with Crippen molar-refractivity contribution in [2.24, 2.45) is 0 Å². The van der Waals surface area contributed by atoms with E-state index in [1.165, 1.54) is 19.3 Å². The van der Waals surface area contributed by atoms with Crippen LogP contribution in [0.3, 0.4) is 0 Å². The second-order valence-corrected chi connectivity index (χ2v) is 16.9. The number of hydrogen-bond donors (Lipinski definition) is 1. The summed E-state index contributed by atoms with van der Waals surface area (Å²) in [7, 11) is 1.06. The number of carbonyl (C=O) groups excluding carboxylic acids is 2. The van der Waals surface area contributed by atoms with E-state index in [1.54, 1.807) is 6.08 Å². The molecule has 10 nitrogen and oxygen atoms in total. The zero-order chi connectivity index (χ0) is 43.7. The zero-order valence-electron chi connectivity index (χ0n) is 37.3. The molecule has 0 amide bonds. The molecule has 3 atom stereocenters. The summed E-state index contributed by atoms with van der Waals surface area (Å²) in [6, 6.07) is 0. The van der Waals surface area contributed by atoms with E-state index in [-0.39, 0.29) is 26.1 Å². The summed E-state index contributed by atoms with van der Waals surface area (Å²) >= 11 is 0. The first-order valence-corrected chi connectivity index (χ1v) is 23.5. The smallest absolute Gasteiger partial charge is 0.306 e. The van der Waals surface area contributed by atoms with Gasteiger partial charge in [0.25, 0.3) is 7.82 Å². The van der Waals surface area contributed by atoms with Gasteiger partial charge in [0.05, 0.1) is 33.9 Å². The molecule has 11 heteroatoms. The third kappa shape index (κ3) is 42.8. The van der Waals surface area contributed by atoms with Crippen LogP contribution in [-0.4, -0.2) is 81.2 Å². The Morgan fingerprint density at radius 2 is 1.22 bits per heavy atom. The Kier molecular flexibility index (Phi) is 37.0. The summed E-state index contributed by atoms with van der Waals surface area (Å²) < 4.78 is 33.7. The van der Waals surface area contributed by atoms with Crippen LogP contribution in [0.25, 0.3) is 0 Å². The number of aliphatic hydroxyl groups excluding tert-OH is 1. The molecule has 0 fully saturated rings. The minimum atomic E-state index is -4.67. The van der Waals surface area contributed by atoms with Crippen molar-refractivity contribution in [3.05, 3.63) is 97.2 Å². The Hall–Kier alpha value is -3.11. The van der Waals surface area contributed by atoms with E-state index in [4.69, 9.17) is 18.5 Å². The van der Waals surface area contributed by atoms with Gasteiger partial charge in [-0.1, -0.05) is 143 Å². The molecule has 0 aromatic heterocycles. The average molecular weight is 846 g/mol. The van der Waals surface area contributed by atoms with Crippen molar-refractivity contribution in [1.82, 2.24) is 0 Å². The molecule has 0 heterocycles. The van der Waals surface area contributed by atoms with Crippen molar-refractivity contribution >= 4 is 19.8 Å². The number of phosphoric acid groups is 1. The van der Waals surface area contributed by atoms with Crippen LogP contribution in [0.15, 0.2) is 97.2 Å². The number of rotatable bonds is 38. The highest BCUT2D eigenvalue weighted by atomic mass is 31.2. The maximum Gasteiger partial charge on any atom is 0.306 e.